The fourth-order valence-electron chi connectivity index (χ4n) is 5.95. The van der Waals surface area contributed by atoms with Crippen molar-refractivity contribution in [2.45, 2.75) is 19.3 Å². The predicted molar refractivity (Wildman–Crippen MR) is 158 cm³/mol. The molecule has 186 valence electrons. The number of aliphatic imine (C=N–C) groups is 1. The Balaban J connectivity index is 1.19. The van der Waals surface area contributed by atoms with Gasteiger partial charge in [0.2, 0.25) is 0 Å². The van der Waals surface area contributed by atoms with Crippen LogP contribution in [0.4, 0.5) is 5.69 Å². The number of hydrogen-bond donors (Lipinski definition) is 0. The van der Waals surface area contributed by atoms with Crippen LogP contribution in [0.1, 0.15) is 25.0 Å². The van der Waals surface area contributed by atoms with E-state index in [0.717, 1.165) is 62.0 Å². The van der Waals surface area contributed by atoms with Crippen molar-refractivity contribution in [3.63, 3.8) is 0 Å². The molecule has 0 saturated carbocycles. The molecule has 7 aromatic rings. The lowest BCUT2D eigenvalue weighted by molar-refractivity contribution is 0.747. The monoisotopic (exact) mass is 504 g/mol. The summed E-state index contributed by atoms with van der Waals surface area (Å²) in [6.45, 7) is 2.27. The van der Waals surface area contributed by atoms with Crippen LogP contribution in [0.25, 0.3) is 55.5 Å². The lowest BCUT2D eigenvalue weighted by atomic mass is 10.00. The molecule has 1 atom stereocenters. The number of fused-ring (bicyclic) bond motifs is 6. The molecule has 0 bridgehead atoms. The highest BCUT2D eigenvalue weighted by molar-refractivity contribution is 6.05. The summed E-state index contributed by atoms with van der Waals surface area (Å²) in [5.41, 5.74) is 10.9. The minimum absolute atomic E-state index is 0.391. The molecule has 6 heterocycles. The van der Waals surface area contributed by atoms with Crippen LogP contribution in [-0.2, 0) is 0 Å². The van der Waals surface area contributed by atoms with Gasteiger partial charge in [-0.1, -0.05) is 31.2 Å². The number of benzene rings is 2. The van der Waals surface area contributed by atoms with Gasteiger partial charge in [-0.3, -0.25) is 19.5 Å². The molecule has 1 aliphatic heterocycles. The van der Waals surface area contributed by atoms with Gasteiger partial charge in [0, 0.05) is 52.9 Å². The first-order valence-corrected chi connectivity index (χ1v) is 13.2. The zero-order valence-corrected chi connectivity index (χ0v) is 21.4. The van der Waals surface area contributed by atoms with Gasteiger partial charge in [-0.2, -0.15) is 0 Å². The Kier molecular flexibility index (Phi) is 4.76. The summed E-state index contributed by atoms with van der Waals surface area (Å²) in [5, 5.41) is 2.21. The van der Waals surface area contributed by atoms with Crippen LogP contribution in [0, 0.1) is 0 Å². The average molecular weight is 505 g/mol. The summed E-state index contributed by atoms with van der Waals surface area (Å²) in [6.07, 6.45) is 10.4. The molecular weight excluding hydrogens is 480 g/mol. The average Bonchev–Trinajstić information content (AvgIpc) is 3.52. The molecule has 0 radical (unpaired) electrons. The first-order valence-electron chi connectivity index (χ1n) is 13.2. The first-order chi connectivity index (χ1) is 19.3. The highest BCUT2D eigenvalue weighted by Crippen LogP contribution is 2.42. The molecule has 5 aromatic heterocycles. The van der Waals surface area contributed by atoms with E-state index in [1.54, 1.807) is 0 Å². The summed E-state index contributed by atoms with van der Waals surface area (Å²) in [6, 6.07) is 27.6. The van der Waals surface area contributed by atoms with Crippen molar-refractivity contribution in [1.29, 1.82) is 0 Å². The molecule has 0 spiro atoms. The molecule has 0 aliphatic carbocycles. The SMILES string of the molecule is CC1CC=Nc2c1n(-c1ccc(-c3ccc(-n4c5cccnc5c5cccnc54)cc3)cc1)c1cnccc21. The van der Waals surface area contributed by atoms with Crippen molar-refractivity contribution in [1.82, 2.24) is 24.1 Å². The fourth-order valence-corrected chi connectivity index (χ4v) is 5.95. The van der Waals surface area contributed by atoms with Crippen LogP contribution in [0.3, 0.4) is 0 Å². The number of aromatic nitrogens is 5. The van der Waals surface area contributed by atoms with Gasteiger partial charge in [-0.25, -0.2) is 4.98 Å². The molecule has 2 aromatic carbocycles. The highest BCUT2D eigenvalue weighted by Gasteiger charge is 2.24. The third-order valence-corrected chi connectivity index (χ3v) is 7.79. The Bertz CT molecular complexity index is 1990. The smallest absolute Gasteiger partial charge is 0.147 e. The molecule has 0 saturated heterocycles. The summed E-state index contributed by atoms with van der Waals surface area (Å²) >= 11 is 0. The Morgan fingerprint density at radius 2 is 1.41 bits per heavy atom. The Hall–Kier alpha value is -5.10. The van der Waals surface area contributed by atoms with Crippen LogP contribution in [-0.4, -0.2) is 30.3 Å². The Morgan fingerprint density at radius 3 is 2.21 bits per heavy atom. The topological polar surface area (TPSA) is 60.9 Å². The van der Waals surface area contributed by atoms with Gasteiger partial charge in [0.15, 0.2) is 0 Å². The summed E-state index contributed by atoms with van der Waals surface area (Å²) < 4.78 is 4.51. The van der Waals surface area contributed by atoms with Crippen molar-refractivity contribution in [3.8, 4) is 22.5 Å². The maximum Gasteiger partial charge on any atom is 0.147 e. The van der Waals surface area contributed by atoms with Crippen LogP contribution in [0.2, 0.25) is 0 Å². The molecule has 6 nitrogen and oxygen atoms in total. The number of hydrogen-bond acceptors (Lipinski definition) is 4. The van der Waals surface area contributed by atoms with Crippen LogP contribution < -0.4 is 0 Å². The van der Waals surface area contributed by atoms with Gasteiger partial charge in [0.25, 0.3) is 0 Å². The highest BCUT2D eigenvalue weighted by atomic mass is 15.1. The van der Waals surface area contributed by atoms with E-state index in [2.05, 4.69) is 97.7 Å². The van der Waals surface area contributed by atoms with Crippen molar-refractivity contribution in [2.75, 3.05) is 0 Å². The maximum absolute atomic E-state index is 4.77. The van der Waals surface area contributed by atoms with Gasteiger partial charge >= 0.3 is 0 Å². The van der Waals surface area contributed by atoms with E-state index >= 15 is 0 Å². The molecule has 8 rings (SSSR count). The van der Waals surface area contributed by atoms with Crippen molar-refractivity contribution >= 4 is 44.9 Å². The van der Waals surface area contributed by atoms with E-state index in [-0.39, 0.29) is 0 Å². The molecule has 6 heteroatoms. The lowest BCUT2D eigenvalue weighted by Gasteiger charge is -2.18. The fraction of sp³-hybridized carbons (Fsp3) is 0.0909. The van der Waals surface area contributed by atoms with Crippen molar-refractivity contribution < 1.29 is 0 Å². The number of rotatable bonds is 3. The number of pyridine rings is 3. The van der Waals surface area contributed by atoms with E-state index in [0.29, 0.717) is 5.92 Å². The second-order valence-electron chi connectivity index (χ2n) is 10.1. The molecular formula is C33H24N6. The van der Waals surface area contributed by atoms with Gasteiger partial charge in [0.05, 0.1) is 34.1 Å². The Labute approximate surface area is 224 Å². The van der Waals surface area contributed by atoms with Crippen molar-refractivity contribution in [2.24, 2.45) is 4.99 Å². The minimum Gasteiger partial charge on any atom is -0.310 e. The minimum atomic E-state index is 0.391. The van der Waals surface area contributed by atoms with E-state index in [4.69, 9.17) is 4.99 Å². The predicted octanol–water partition coefficient (Wildman–Crippen LogP) is 7.79. The maximum atomic E-state index is 4.77. The molecule has 0 N–H and O–H groups in total. The third-order valence-electron chi connectivity index (χ3n) is 7.79. The second kappa shape index (κ2) is 8.46. The third kappa shape index (κ3) is 3.28. The largest absolute Gasteiger partial charge is 0.310 e. The standard InChI is InChI=1S/C33H24N6/c1-21-14-19-36-31-26-15-18-34-20-29(26)38(32(21)31)24-10-6-22(7-11-24)23-8-12-25(13-9-23)39-28-5-3-16-35-30(28)27-4-2-17-37-33(27)39/h2-13,15-21H,14H2,1H3. The molecule has 1 unspecified atom stereocenters. The molecule has 39 heavy (non-hydrogen) atoms. The number of nitrogens with zero attached hydrogens (tertiary/aromatic N) is 6. The quantitative estimate of drug-likeness (QED) is 0.247. The molecule has 0 fully saturated rings. The van der Waals surface area contributed by atoms with Gasteiger partial charge in [0.1, 0.15) is 5.65 Å². The van der Waals surface area contributed by atoms with Crippen LogP contribution >= 0.6 is 0 Å². The van der Waals surface area contributed by atoms with E-state index in [1.807, 2.05) is 43.1 Å². The first kappa shape index (κ1) is 21.9. The zero-order chi connectivity index (χ0) is 25.9. The van der Waals surface area contributed by atoms with Gasteiger partial charge in [-0.05, 0) is 72.1 Å². The molecule has 0 amide bonds. The molecule has 1 aliphatic rings. The van der Waals surface area contributed by atoms with E-state index < -0.39 is 0 Å². The van der Waals surface area contributed by atoms with Gasteiger partial charge < -0.3 is 4.57 Å². The van der Waals surface area contributed by atoms with Crippen molar-refractivity contribution in [3.05, 3.63) is 109 Å². The Morgan fingerprint density at radius 1 is 0.692 bits per heavy atom. The lowest BCUT2D eigenvalue weighted by Crippen LogP contribution is -2.07. The van der Waals surface area contributed by atoms with Crippen LogP contribution in [0.5, 0.6) is 0 Å². The summed E-state index contributed by atoms with van der Waals surface area (Å²) in [5.74, 6) is 0.391. The van der Waals surface area contributed by atoms with Gasteiger partial charge in [-0.15, -0.1) is 0 Å². The van der Waals surface area contributed by atoms with E-state index in [9.17, 15) is 0 Å². The summed E-state index contributed by atoms with van der Waals surface area (Å²) in [4.78, 5) is 18.5. The van der Waals surface area contributed by atoms with Crippen LogP contribution in [0.15, 0.2) is 109 Å². The zero-order valence-electron chi connectivity index (χ0n) is 21.4. The van der Waals surface area contributed by atoms with E-state index in [1.165, 1.54) is 11.3 Å². The summed E-state index contributed by atoms with van der Waals surface area (Å²) in [7, 11) is 0. The second-order valence-corrected chi connectivity index (χ2v) is 10.1. The normalized spacial score (nSPS) is 14.8.